The molecule has 0 saturated carbocycles. The molecular formula is C21H16FN11. The van der Waals surface area contributed by atoms with Crippen molar-refractivity contribution < 1.29 is 4.39 Å². The molecule has 12 heteroatoms. The number of anilines is 1. The van der Waals surface area contributed by atoms with Gasteiger partial charge in [0.15, 0.2) is 5.65 Å². The maximum absolute atomic E-state index is 14.2. The second-order valence-corrected chi connectivity index (χ2v) is 7.49. The molecule has 162 valence electrons. The third-order valence-corrected chi connectivity index (χ3v) is 5.53. The number of H-pyrrole nitrogens is 1. The summed E-state index contributed by atoms with van der Waals surface area (Å²) in [6, 6.07) is 5.98. The zero-order chi connectivity index (χ0) is 22.5. The van der Waals surface area contributed by atoms with E-state index >= 15 is 0 Å². The predicted octanol–water partition coefficient (Wildman–Crippen LogP) is 2.68. The van der Waals surface area contributed by atoms with Gasteiger partial charge in [-0.15, -0.1) is 5.10 Å². The summed E-state index contributed by atoms with van der Waals surface area (Å²) in [4.78, 5) is 12.9. The van der Waals surface area contributed by atoms with Crippen LogP contribution >= 0.6 is 0 Å². The van der Waals surface area contributed by atoms with Crippen molar-refractivity contribution in [2.45, 2.75) is 13.0 Å². The second kappa shape index (κ2) is 7.15. The van der Waals surface area contributed by atoms with Gasteiger partial charge < -0.3 is 5.73 Å². The fraction of sp³-hybridized carbons (Fsp3) is 0.0952. The summed E-state index contributed by atoms with van der Waals surface area (Å²) in [7, 11) is 0. The number of para-hydroxylation sites is 1. The Morgan fingerprint density at radius 2 is 2.00 bits per heavy atom. The van der Waals surface area contributed by atoms with E-state index in [1.807, 2.05) is 6.92 Å². The topological polar surface area (TPSA) is 142 Å². The Bertz CT molecular complexity index is 1630. The van der Waals surface area contributed by atoms with Crippen LogP contribution < -0.4 is 5.73 Å². The van der Waals surface area contributed by atoms with Crippen molar-refractivity contribution in [1.82, 2.24) is 49.9 Å². The van der Waals surface area contributed by atoms with Crippen molar-refractivity contribution in [3.8, 4) is 16.9 Å². The quantitative estimate of drug-likeness (QED) is 0.425. The number of benzene rings is 1. The molecule has 6 rings (SSSR count). The maximum Gasteiger partial charge on any atom is 0.164 e. The Balaban J connectivity index is 1.51. The zero-order valence-electron chi connectivity index (χ0n) is 17.3. The molecule has 0 radical (unpaired) electrons. The van der Waals surface area contributed by atoms with Gasteiger partial charge in [-0.05, 0) is 19.1 Å². The van der Waals surface area contributed by atoms with Crippen LogP contribution in [0.25, 0.3) is 38.9 Å². The summed E-state index contributed by atoms with van der Waals surface area (Å²) in [5.41, 5.74) is 9.71. The molecule has 0 bridgehead atoms. The first-order valence-corrected chi connectivity index (χ1v) is 10.0. The summed E-state index contributed by atoms with van der Waals surface area (Å²) in [6.45, 7) is 1.90. The Kier molecular flexibility index (Phi) is 4.12. The molecular weight excluding hydrogens is 425 g/mol. The molecule has 5 aromatic heterocycles. The number of fused-ring (bicyclic) bond motifs is 2. The van der Waals surface area contributed by atoms with Crippen LogP contribution in [-0.4, -0.2) is 49.9 Å². The van der Waals surface area contributed by atoms with Crippen LogP contribution in [0.3, 0.4) is 0 Å². The fourth-order valence-corrected chi connectivity index (χ4v) is 3.85. The smallest absolute Gasteiger partial charge is 0.164 e. The highest BCUT2D eigenvalue weighted by Gasteiger charge is 2.24. The minimum Gasteiger partial charge on any atom is -0.383 e. The lowest BCUT2D eigenvalue weighted by Crippen LogP contribution is -2.10. The first-order valence-electron chi connectivity index (χ1n) is 10.0. The molecule has 33 heavy (non-hydrogen) atoms. The van der Waals surface area contributed by atoms with Gasteiger partial charge in [0.1, 0.15) is 35.0 Å². The van der Waals surface area contributed by atoms with E-state index in [0.717, 1.165) is 16.5 Å². The van der Waals surface area contributed by atoms with Gasteiger partial charge in [0.2, 0.25) is 0 Å². The van der Waals surface area contributed by atoms with Crippen LogP contribution in [0.1, 0.15) is 18.7 Å². The standard InChI is InChI=1S/C21H16FN11/c1-11(15-9-32(31-28-15)16-5-3-2-4-14(16)22)33-21-17(20(23)25-10-26-21)19(30-33)13-8-24-6-12-7-27-29-18(12)13/h2-11H,1H3,(H,27,29)(H2,23,25,26). The number of pyridine rings is 1. The molecule has 0 aliphatic heterocycles. The highest BCUT2D eigenvalue weighted by molar-refractivity contribution is 6.04. The highest BCUT2D eigenvalue weighted by atomic mass is 19.1. The number of hydrogen-bond donors (Lipinski definition) is 2. The monoisotopic (exact) mass is 441 g/mol. The van der Waals surface area contributed by atoms with Crippen LogP contribution in [0.4, 0.5) is 10.2 Å². The van der Waals surface area contributed by atoms with Gasteiger partial charge in [-0.3, -0.25) is 10.1 Å². The normalized spacial score (nSPS) is 12.5. The zero-order valence-corrected chi connectivity index (χ0v) is 17.3. The van der Waals surface area contributed by atoms with E-state index in [4.69, 9.17) is 10.8 Å². The summed E-state index contributed by atoms with van der Waals surface area (Å²) >= 11 is 0. The molecule has 6 aromatic rings. The molecule has 1 atom stereocenters. The van der Waals surface area contributed by atoms with Gasteiger partial charge in [0.05, 0.1) is 29.3 Å². The van der Waals surface area contributed by atoms with Gasteiger partial charge in [-0.2, -0.15) is 10.2 Å². The average Bonchev–Trinajstić information content (AvgIpc) is 3.57. The van der Waals surface area contributed by atoms with Gasteiger partial charge >= 0.3 is 0 Å². The largest absolute Gasteiger partial charge is 0.383 e. The van der Waals surface area contributed by atoms with Crippen molar-refractivity contribution in [3.05, 3.63) is 66.9 Å². The summed E-state index contributed by atoms with van der Waals surface area (Å²) in [6.07, 6.45) is 8.15. The Labute approximate surface area is 185 Å². The first-order chi connectivity index (χ1) is 16.1. The summed E-state index contributed by atoms with van der Waals surface area (Å²) in [5, 5.41) is 21.7. The number of aromatic nitrogens is 10. The van der Waals surface area contributed by atoms with Gasteiger partial charge in [-0.25, -0.2) is 23.7 Å². The van der Waals surface area contributed by atoms with Crippen molar-refractivity contribution >= 4 is 27.8 Å². The molecule has 3 N–H and O–H groups in total. The van der Waals surface area contributed by atoms with E-state index in [2.05, 4.69) is 35.5 Å². The number of aromatic amines is 1. The van der Waals surface area contributed by atoms with Gasteiger partial charge in [-0.1, -0.05) is 17.3 Å². The lowest BCUT2D eigenvalue weighted by molar-refractivity contribution is 0.565. The third-order valence-electron chi connectivity index (χ3n) is 5.53. The number of nitrogens with one attached hydrogen (secondary N) is 1. The third kappa shape index (κ3) is 2.91. The number of nitrogen functional groups attached to an aromatic ring is 1. The second-order valence-electron chi connectivity index (χ2n) is 7.49. The van der Waals surface area contributed by atoms with E-state index in [-0.39, 0.29) is 6.04 Å². The molecule has 1 unspecified atom stereocenters. The van der Waals surface area contributed by atoms with Crippen molar-refractivity contribution in [2.24, 2.45) is 0 Å². The predicted molar refractivity (Wildman–Crippen MR) is 118 cm³/mol. The van der Waals surface area contributed by atoms with Crippen LogP contribution in [0, 0.1) is 5.82 Å². The minimum atomic E-state index is -0.394. The average molecular weight is 441 g/mol. The molecule has 5 heterocycles. The van der Waals surface area contributed by atoms with Crippen molar-refractivity contribution in [1.29, 1.82) is 0 Å². The number of hydrogen-bond acceptors (Lipinski definition) is 8. The summed E-state index contributed by atoms with van der Waals surface area (Å²) in [5.74, 6) is -0.103. The molecule has 0 aliphatic rings. The van der Waals surface area contributed by atoms with Crippen LogP contribution in [0.5, 0.6) is 0 Å². The van der Waals surface area contributed by atoms with E-state index in [1.54, 1.807) is 47.7 Å². The molecule has 0 saturated heterocycles. The number of nitrogens with zero attached hydrogens (tertiary/aromatic N) is 9. The number of nitrogens with two attached hydrogens (primary N) is 1. The molecule has 0 fully saturated rings. The Morgan fingerprint density at radius 1 is 1.12 bits per heavy atom. The maximum atomic E-state index is 14.2. The van der Waals surface area contributed by atoms with Crippen molar-refractivity contribution in [2.75, 3.05) is 5.73 Å². The minimum absolute atomic E-state index is 0.292. The molecule has 1 aromatic carbocycles. The SMILES string of the molecule is CC(c1cn(-c2ccccc2F)nn1)n1nc(-c2cncc3cn[nH]c23)c2c(N)ncnc21. The molecule has 11 nitrogen and oxygen atoms in total. The number of rotatable bonds is 4. The van der Waals surface area contributed by atoms with Crippen molar-refractivity contribution in [3.63, 3.8) is 0 Å². The van der Waals surface area contributed by atoms with E-state index in [0.29, 0.717) is 33.9 Å². The van der Waals surface area contributed by atoms with Gasteiger partial charge in [0, 0.05) is 23.3 Å². The van der Waals surface area contributed by atoms with E-state index < -0.39 is 5.82 Å². The van der Waals surface area contributed by atoms with Crippen LogP contribution in [0.15, 0.2) is 55.4 Å². The highest BCUT2D eigenvalue weighted by Crippen LogP contribution is 2.35. The Hall–Kier alpha value is -4.74. The summed E-state index contributed by atoms with van der Waals surface area (Å²) < 4.78 is 17.3. The van der Waals surface area contributed by atoms with Crippen LogP contribution in [0.2, 0.25) is 0 Å². The first kappa shape index (κ1) is 19.0. The number of halogens is 1. The van der Waals surface area contributed by atoms with Gasteiger partial charge in [0.25, 0.3) is 0 Å². The molecule has 0 amide bonds. The molecule has 0 spiro atoms. The molecule has 0 aliphatic carbocycles. The Morgan fingerprint density at radius 3 is 2.88 bits per heavy atom. The lowest BCUT2D eigenvalue weighted by atomic mass is 10.1. The van der Waals surface area contributed by atoms with Crippen LogP contribution in [-0.2, 0) is 0 Å². The fourth-order valence-electron chi connectivity index (χ4n) is 3.85. The van der Waals surface area contributed by atoms with E-state index in [1.165, 1.54) is 17.1 Å². The lowest BCUT2D eigenvalue weighted by Gasteiger charge is -2.09. The van der Waals surface area contributed by atoms with E-state index in [9.17, 15) is 4.39 Å².